The van der Waals surface area contributed by atoms with E-state index in [9.17, 15) is 5.11 Å². The highest BCUT2D eigenvalue weighted by Crippen LogP contribution is 2.34. The zero-order valence-electron chi connectivity index (χ0n) is 9.88. The van der Waals surface area contributed by atoms with Gasteiger partial charge in [0.2, 0.25) is 0 Å². The number of benzene rings is 1. The lowest BCUT2D eigenvalue weighted by Crippen LogP contribution is -2.47. The molecule has 1 fully saturated rings. The Balaban J connectivity index is 2.24. The molecule has 18 heavy (non-hydrogen) atoms. The van der Waals surface area contributed by atoms with Crippen LogP contribution in [0, 0.1) is 0 Å². The summed E-state index contributed by atoms with van der Waals surface area (Å²) in [5, 5.41) is 13.7. The fourth-order valence-electron chi connectivity index (χ4n) is 2.04. The third-order valence-electron chi connectivity index (χ3n) is 3.24. The predicted molar refractivity (Wildman–Crippen MR) is 74.4 cm³/mol. The summed E-state index contributed by atoms with van der Waals surface area (Å²) in [4.78, 5) is 0. The van der Waals surface area contributed by atoms with E-state index < -0.39 is 5.54 Å². The van der Waals surface area contributed by atoms with Gasteiger partial charge >= 0.3 is 0 Å². The molecule has 1 heterocycles. The van der Waals surface area contributed by atoms with Gasteiger partial charge in [-0.15, -0.1) is 0 Å². The molecule has 1 aromatic rings. The number of rotatable bonds is 3. The zero-order chi connectivity index (χ0) is 13.2. The fraction of sp³-hybridized carbons (Fsp3) is 0.500. The maximum atomic E-state index is 9.60. The van der Waals surface area contributed by atoms with Crippen molar-refractivity contribution in [2.75, 3.05) is 30.9 Å². The van der Waals surface area contributed by atoms with Crippen LogP contribution in [0.4, 0.5) is 11.4 Å². The number of nitrogens with one attached hydrogen (secondary N) is 1. The minimum absolute atomic E-state index is 0.0239. The van der Waals surface area contributed by atoms with Crippen LogP contribution in [0.1, 0.15) is 12.8 Å². The Bertz CT molecular complexity index is 434. The van der Waals surface area contributed by atoms with E-state index in [0.29, 0.717) is 34.6 Å². The molecule has 1 saturated heterocycles. The Kier molecular flexibility index (Phi) is 4.22. The Morgan fingerprint density at radius 3 is 2.50 bits per heavy atom. The Labute approximate surface area is 116 Å². The summed E-state index contributed by atoms with van der Waals surface area (Å²) in [7, 11) is 0. The predicted octanol–water partition coefficient (Wildman–Crippen LogP) is 2.53. The van der Waals surface area contributed by atoms with Gasteiger partial charge in [-0.2, -0.15) is 0 Å². The molecule has 1 aliphatic rings. The molecule has 4 N–H and O–H groups in total. The van der Waals surface area contributed by atoms with Crippen LogP contribution >= 0.6 is 23.2 Å². The van der Waals surface area contributed by atoms with Gasteiger partial charge in [0, 0.05) is 13.2 Å². The fourth-order valence-corrected chi connectivity index (χ4v) is 2.38. The van der Waals surface area contributed by atoms with E-state index in [0.717, 1.165) is 12.8 Å². The first-order valence-corrected chi connectivity index (χ1v) is 6.53. The molecule has 1 aliphatic heterocycles. The van der Waals surface area contributed by atoms with Gasteiger partial charge in [0.1, 0.15) is 0 Å². The molecule has 4 nitrogen and oxygen atoms in total. The van der Waals surface area contributed by atoms with Gasteiger partial charge in [-0.25, -0.2) is 0 Å². The van der Waals surface area contributed by atoms with E-state index in [1.807, 2.05) is 0 Å². The molecule has 0 amide bonds. The number of hydrogen-bond acceptors (Lipinski definition) is 4. The number of aliphatic hydroxyl groups is 1. The molecule has 0 saturated carbocycles. The molecule has 100 valence electrons. The van der Waals surface area contributed by atoms with Crippen molar-refractivity contribution in [1.29, 1.82) is 0 Å². The second kappa shape index (κ2) is 5.53. The van der Waals surface area contributed by atoms with E-state index in [1.54, 1.807) is 12.1 Å². The molecule has 0 spiro atoms. The number of anilines is 2. The maximum absolute atomic E-state index is 9.60. The highest BCUT2D eigenvalue weighted by atomic mass is 35.5. The van der Waals surface area contributed by atoms with Crippen molar-refractivity contribution in [1.82, 2.24) is 0 Å². The minimum atomic E-state index is -0.399. The van der Waals surface area contributed by atoms with Crippen LogP contribution in [0.25, 0.3) is 0 Å². The molecule has 0 unspecified atom stereocenters. The van der Waals surface area contributed by atoms with Gasteiger partial charge in [0.05, 0.1) is 33.6 Å². The van der Waals surface area contributed by atoms with Crippen molar-refractivity contribution in [3.05, 3.63) is 22.2 Å². The SMILES string of the molecule is Nc1cc(Cl)c(Cl)cc1NC1(CO)CCOCC1. The summed E-state index contributed by atoms with van der Waals surface area (Å²) in [6.45, 7) is 1.26. The Morgan fingerprint density at radius 2 is 1.89 bits per heavy atom. The lowest BCUT2D eigenvalue weighted by atomic mass is 9.90. The average molecular weight is 291 g/mol. The van der Waals surface area contributed by atoms with Gasteiger partial charge in [-0.05, 0) is 25.0 Å². The molecule has 6 heteroatoms. The first-order chi connectivity index (χ1) is 8.56. The number of ether oxygens (including phenoxy) is 1. The summed E-state index contributed by atoms with van der Waals surface area (Å²) >= 11 is 11.9. The number of nitrogens with two attached hydrogens (primary N) is 1. The van der Waals surface area contributed by atoms with E-state index >= 15 is 0 Å². The van der Waals surface area contributed by atoms with Crippen molar-refractivity contribution >= 4 is 34.6 Å². The molecule has 0 radical (unpaired) electrons. The smallest absolute Gasteiger partial charge is 0.0663 e. The molecular weight excluding hydrogens is 275 g/mol. The summed E-state index contributed by atoms with van der Waals surface area (Å²) in [6.07, 6.45) is 1.45. The van der Waals surface area contributed by atoms with Crippen molar-refractivity contribution in [3.63, 3.8) is 0 Å². The van der Waals surface area contributed by atoms with Crippen molar-refractivity contribution < 1.29 is 9.84 Å². The highest BCUT2D eigenvalue weighted by molar-refractivity contribution is 6.42. The van der Waals surface area contributed by atoms with Gasteiger partial charge in [0.25, 0.3) is 0 Å². The summed E-state index contributed by atoms with van der Waals surface area (Å²) in [5.41, 5.74) is 6.72. The molecule has 2 rings (SSSR count). The molecule has 0 aromatic heterocycles. The van der Waals surface area contributed by atoms with Gasteiger partial charge in [-0.3, -0.25) is 0 Å². The number of halogens is 2. The van der Waals surface area contributed by atoms with Gasteiger partial charge < -0.3 is 20.9 Å². The number of hydrogen-bond donors (Lipinski definition) is 3. The number of nitrogen functional groups attached to an aromatic ring is 1. The molecule has 0 atom stereocenters. The van der Waals surface area contributed by atoms with Crippen LogP contribution in [0.2, 0.25) is 10.0 Å². The van der Waals surface area contributed by atoms with E-state index in [1.165, 1.54) is 0 Å². The third-order valence-corrected chi connectivity index (χ3v) is 3.97. The monoisotopic (exact) mass is 290 g/mol. The lowest BCUT2D eigenvalue weighted by Gasteiger charge is -2.37. The largest absolute Gasteiger partial charge is 0.397 e. The third kappa shape index (κ3) is 2.83. The summed E-state index contributed by atoms with van der Waals surface area (Å²) < 4.78 is 5.31. The van der Waals surface area contributed by atoms with Crippen molar-refractivity contribution in [2.45, 2.75) is 18.4 Å². The van der Waals surface area contributed by atoms with Crippen LogP contribution in [-0.4, -0.2) is 30.5 Å². The Morgan fingerprint density at radius 1 is 1.28 bits per heavy atom. The summed E-state index contributed by atoms with van der Waals surface area (Å²) in [5.74, 6) is 0. The number of aliphatic hydroxyl groups excluding tert-OH is 1. The molecule has 1 aromatic carbocycles. The van der Waals surface area contributed by atoms with E-state index in [2.05, 4.69) is 5.32 Å². The van der Waals surface area contributed by atoms with Crippen molar-refractivity contribution in [2.24, 2.45) is 0 Å². The lowest BCUT2D eigenvalue weighted by molar-refractivity contribution is 0.0380. The highest BCUT2D eigenvalue weighted by Gasteiger charge is 2.32. The Hall–Kier alpha value is -0.680. The molecular formula is C12H16Cl2N2O2. The maximum Gasteiger partial charge on any atom is 0.0663 e. The van der Waals surface area contributed by atoms with Crippen LogP contribution in [0.3, 0.4) is 0 Å². The normalized spacial score (nSPS) is 18.6. The van der Waals surface area contributed by atoms with Gasteiger partial charge in [0.15, 0.2) is 0 Å². The van der Waals surface area contributed by atoms with E-state index in [-0.39, 0.29) is 6.61 Å². The molecule has 0 bridgehead atoms. The van der Waals surface area contributed by atoms with Crippen LogP contribution < -0.4 is 11.1 Å². The van der Waals surface area contributed by atoms with Crippen molar-refractivity contribution in [3.8, 4) is 0 Å². The van der Waals surface area contributed by atoms with Gasteiger partial charge in [-0.1, -0.05) is 23.2 Å². The van der Waals surface area contributed by atoms with E-state index in [4.69, 9.17) is 33.7 Å². The molecule has 0 aliphatic carbocycles. The standard InChI is InChI=1S/C12H16Cl2N2O2/c13-8-5-10(15)11(6-9(8)14)16-12(7-17)1-3-18-4-2-12/h5-6,16-17H,1-4,7,15H2. The van der Waals surface area contributed by atoms with Crippen LogP contribution in [-0.2, 0) is 4.74 Å². The topological polar surface area (TPSA) is 67.5 Å². The summed E-state index contributed by atoms with van der Waals surface area (Å²) in [6, 6.07) is 3.29. The van der Waals surface area contributed by atoms with Crippen LogP contribution in [0.5, 0.6) is 0 Å². The quantitative estimate of drug-likeness (QED) is 0.749. The zero-order valence-corrected chi connectivity index (χ0v) is 11.4. The first-order valence-electron chi connectivity index (χ1n) is 5.78. The first kappa shape index (κ1) is 13.7. The average Bonchev–Trinajstić information content (AvgIpc) is 2.37. The second-order valence-electron chi connectivity index (χ2n) is 4.53. The second-order valence-corrected chi connectivity index (χ2v) is 5.34. The minimum Gasteiger partial charge on any atom is -0.397 e. The van der Waals surface area contributed by atoms with Crippen LogP contribution in [0.15, 0.2) is 12.1 Å².